The first-order valence-corrected chi connectivity index (χ1v) is 11.5. The quantitative estimate of drug-likeness (QED) is 0.451. The molecule has 3 aromatic carbocycles. The van der Waals surface area contributed by atoms with Gasteiger partial charge in [-0.25, -0.2) is 4.98 Å². The van der Waals surface area contributed by atoms with Crippen molar-refractivity contribution in [3.63, 3.8) is 0 Å². The molecule has 0 bridgehead atoms. The van der Waals surface area contributed by atoms with Gasteiger partial charge in [0.1, 0.15) is 0 Å². The van der Waals surface area contributed by atoms with Gasteiger partial charge in [-0.15, -0.1) is 0 Å². The van der Waals surface area contributed by atoms with Crippen LogP contribution in [-0.4, -0.2) is 33.4 Å². The van der Waals surface area contributed by atoms with Crippen molar-refractivity contribution < 1.29 is 4.79 Å². The predicted molar refractivity (Wildman–Crippen MR) is 130 cm³/mol. The number of amides is 1. The largest absolute Gasteiger partial charge is 0.341 e. The Balaban J connectivity index is 1.37. The number of aromatic nitrogens is 2. The number of piperidine rings is 1. The van der Waals surface area contributed by atoms with Crippen LogP contribution in [0.15, 0.2) is 96.1 Å². The van der Waals surface area contributed by atoms with E-state index in [4.69, 9.17) is 0 Å². The van der Waals surface area contributed by atoms with Crippen LogP contribution in [0.1, 0.15) is 42.3 Å². The summed E-state index contributed by atoms with van der Waals surface area (Å²) < 4.78 is 1.72. The number of hydrogen-bond donors (Lipinski definition) is 0. The van der Waals surface area contributed by atoms with Crippen LogP contribution < -0.4 is 5.56 Å². The zero-order valence-corrected chi connectivity index (χ0v) is 18.5. The van der Waals surface area contributed by atoms with Gasteiger partial charge in [-0.2, -0.15) is 0 Å². The first-order valence-electron chi connectivity index (χ1n) is 11.5. The highest BCUT2D eigenvalue weighted by molar-refractivity contribution is 5.78. The van der Waals surface area contributed by atoms with E-state index in [0.29, 0.717) is 23.9 Å². The van der Waals surface area contributed by atoms with Crippen LogP contribution in [0.25, 0.3) is 10.9 Å². The standard InChI is InChI=1S/C28H27N3O2/c32-27(18-25(21-10-3-1-4-11-21)22-12-5-2-6-13-22)30-17-9-14-23(19-30)31-20-29-26-16-8-7-15-24(26)28(31)33/h1-8,10-13,15-16,20,23,25H,9,14,17-19H2/t23-/m0/s1. The van der Waals surface area contributed by atoms with Crippen LogP contribution in [-0.2, 0) is 4.79 Å². The molecule has 1 fully saturated rings. The molecular weight excluding hydrogens is 410 g/mol. The molecule has 2 heterocycles. The number of carbonyl (C=O) groups is 1. The van der Waals surface area contributed by atoms with Crippen molar-refractivity contribution in [3.8, 4) is 0 Å². The Hall–Kier alpha value is -3.73. The number of rotatable bonds is 5. The lowest BCUT2D eigenvalue weighted by Gasteiger charge is -2.34. The normalized spacial score (nSPS) is 16.3. The molecule has 0 radical (unpaired) electrons. The first kappa shape index (κ1) is 21.1. The maximum atomic E-state index is 13.5. The van der Waals surface area contributed by atoms with E-state index in [-0.39, 0.29) is 23.4 Å². The van der Waals surface area contributed by atoms with E-state index in [1.807, 2.05) is 65.6 Å². The molecule has 1 aliphatic heterocycles. The molecule has 1 atom stereocenters. The molecule has 1 aliphatic rings. The van der Waals surface area contributed by atoms with Crippen molar-refractivity contribution in [2.45, 2.75) is 31.2 Å². The van der Waals surface area contributed by atoms with Gasteiger partial charge in [0.15, 0.2) is 0 Å². The molecule has 1 aromatic heterocycles. The summed E-state index contributed by atoms with van der Waals surface area (Å²) in [6, 6.07) is 27.8. The lowest BCUT2D eigenvalue weighted by Crippen LogP contribution is -2.43. The number of benzene rings is 3. The highest BCUT2D eigenvalue weighted by Crippen LogP contribution is 2.30. The highest BCUT2D eigenvalue weighted by atomic mass is 16.2. The van der Waals surface area contributed by atoms with Gasteiger partial charge in [0.05, 0.1) is 23.3 Å². The number of likely N-dealkylation sites (tertiary alicyclic amines) is 1. The van der Waals surface area contributed by atoms with Crippen molar-refractivity contribution in [2.24, 2.45) is 0 Å². The number of para-hydroxylation sites is 1. The molecule has 5 rings (SSSR count). The van der Waals surface area contributed by atoms with E-state index >= 15 is 0 Å². The second-order valence-electron chi connectivity index (χ2n) is 8.69. The van der Waals surface area contributed by atoms with Crippen molar-refractivity contribution in [1.82, 2.24) is 14.5 Å². The topological polar surface area (TPSA) is 55.2 Å². The van der Waals surface area contributed by atoms with Gasteiger partial charge in [0, 0.05) is 25.4 Å². The van der Waals surface area contributed by atoms with Crippen LogP contribution in [0.3, 0.4) is 0 Å². The van der Waals surface area contributed by atoms with Crippen LogP contribution in [0.5, 0.6) is 0 Å². The maximum Gasteiger partial charge on any atom is 0.261 e. The lowest BCUT2D eigenvalue weighted by molar-refractivity contribution is -0.133. The molecule has 0 unspecified atom stereocenters. The summed E-state index contributed by atoms with van der Waals surface area (Å²) in [4.78, 5) is 32.9. The van der Waals surface area contributed by atoms with E-state index in [1.54, 1.807) is 10.9 Å². The second-order valence-corrected chi connectivity index (χ2v) is 8.69. The molecule has 1 saturated heterocycles. The molecule has 5 nitrogen and oxygen atoms in total. The van der Waals surface area contributed by atoms with E-state index < -0.39 is 0 Å². The number of carbonyl (C=O) groups excluding carboxylic acids is 1. The molecule has 0 aliphatic carbocycles. The SMILES string of the molecule is O=C(CC(c1ccccc1)c1ccccc1)N1CCC[C@H](n2cnc3ccccc3c2=O)C1. The van der Waals surface area contributed by atoms with Crippen LogP contribution in [0.2, 0.25) is 0 Å². The third-order valence-corrected chi connectivity index (χ3v) is 6.62. The molecule has 166 valence electrons. The third kappa shape index (κ3) is 4.44. The van der Waals surface area contributed by atoms with E-state index in [1.165, 1.54) is 0 Å². The average Bonchev–Trinajstić information content (AvgIpc) is 2.88. The summed E-state index contributed by atoms with van der Waals surface area (Å²) in [6.45, 7) is 1.26. The third-order valence-electron chi connectivity index (χ3n) is 6.62. The van der Waals surface area contributed by atoms with Crippen LogP contribution >= 0.6 is 0 Å². The van der Waals surface area contributed by atoms with E-state index in [9.17, 15) is 9.59 Å². The Morgan fingerprint density at radius 3 is 2.24 bits per heavy atom. The predicted octanol–water partition coefficient (Wildman–Crippen LogP) is 4.78. The Labute approximate surface area is 193 Å². The number of hydrogen-bond acceptors (Lipinski definition) is 3. The smallest absolute Gasteiger partial charge is 0.261 e. The van der Waals surface area contributed by atoms with Crippen molar-refractivity contribution in [1.29, 1.82) is 0 Å². The van der Waals surface area contributed by atoms with Gasteiger partial charge in [0.2, 0.25) is 5.91 Å². The Kier molecular flexibility index (Phi) is 6.03. The molecule has 0 saturated carbocycles. The summed E-state index contributed by atoms with van der Waals surface area (Å²) >= 11 is 0. The molecule has 33 heavy (non-hydrogen) atoms. The maximum absolute atomic E-state index is 13.5. The van der Waals surface area contributed by atoms with Gasteiger partial charge in [0.25, 0.3) is 5.56 Å². The average molecular weight is 438 g/mol. The Morgan fingerprint density at radius 1 is 0.909 bits per heavy atom. The minimum Gasteiger partial charge on any atom is -0.341 e. The summed E-state index contributed by atoms with van der Waals surface area (Å²) in [7, 11) is 0. The molecule has 0 N–H and O–H groups in total. The zero-order chi connectivity index (χ0) is 22.6. The van der Waals surface area contributed by atoms with Crippen LogP contribution in [0, 0.1) is 0 Å². The first-order chi connectivity index (χ1) is 16.2. The fourth-order valence-corrected chi connectivity index (χ4v) is 4.85. The fourth-order valence-electron chi connectivity index (χ4n) is 4.85. The number of nitrogens with zero attached hydrogens (tertiary/aromatic N) is 3. The second kappa shape index (κ2) is 9.41. The fraction of sp³-hybridized carbons (Fsp3) is 0.250. The minimum atomic E-state index is -0.0563. The van der Waals surface area contributed by atoms with Gasteiger partial charge >= 0.3 is 0 Å². The van der Waals surface area contributed by atoms with E-state index in [0.717, 1.165) is 30.5 Å². The Morgan fingerprint density at radius 2 is 1.55 bits per heavy atom. The van der Waals surface area contributed by atoms with Gasteiger partial charge in [-0.05, 0) is 36.1 Å². The summed E-state index contributed by atoms with van der Waals surface area (Å²) in [5.41, 5.74) is 2.95. The molecule has 0 spiro atoms. The van der Waals surface area contributed by atoms with Gasteiger partial charge in [-0.1, -0.05) is 72.8 Å². The molecule has 1 amide bonds. The van der Waals surface area contributed by atoms with Gasteiger partial charge < -0.3 is 4.90 Å². The number of fused-ring (bicyclic) bond motifs is 1. The summed E-state index contributed by atoms with van der Waals surface area (Å²) in [6.07, 6.45) is 3.78. The van der Waals surface area contributed by atoms with Crippen molar-refractivity contribution in [3.05, 3.63) is 113 Å². The summed E-state index contributed by atoms with van der Waals surface area (Å²) in [5, 5.41) is 0.622. The molecule has 5 heteroatoms. The van der Waals surface area contributed by atoms with Gasteiger partial charge in [-0.3, -0.25) is 14.2 Å². The molecule has 4 aromatic rings. The highest BCUT2D eigenvalue weighted by Gasteiger charge is 2.28. The lowest BCUT2D eigenvalue weighted by atomic mass is 9.88. The Bertz CT molecular complexity index is 1260. The zero-order valence-electron chi connectivity index (χ0n) is 18.5. The van der Waals surface area contributed by atoms with Crippen molar-refractivity contribution in [2.75, 3.05) is 13.1 Å². The van der Waals surface area contributed by atoms with Crippen molar-refractivity contribution >= 4 is 16.8 Å². The van der Waals surface area contributed by atoms with E-state index in [2.05, 4.69) is 29.2 Å². The monoisotopic (exact) mass is 437 g/mol. The minimum absolute atomic E-state index is 0.00494. The summed E-state index contributed by atoms with van der Waals surface area (Å²) in [5.74, 6) is 0.129. The van der Waals surface area contributed by atoms with Crippen LogP contribution in [0.4, 0.5) is 0 Å². The molecular formula is C28H27N3O2.